The van der Waals surface area contributed by atoms with Crippen LogP contribution in [0.3, 0.4) is 0 Å². The molecule has 0 aliphatic heterocycles. The first-order chi connectivity index (χ1) is 11.6. The van der Waals surface area contributed by atoms with E-state index in [9.17, 15) is 4.79 Å². The summed E-state index contributed by atoms with van der Waals surface area (Å²) in [4.78, 5) is 19.9. The molecule has 2 heterocycles. The minimum atomic E-state index is -0.263. The molecule has 0 aliphatic carbocycles. The van der Waals surface area contributed by atoms with Gasteiger partial charge < -0.3 is 4.90 Å². The minimum absolute atomic E-state index is 0.0239. The van der Waals surface area contributed by atoms with Gasteiger partial charge in [-0.15, -0.1) is 16.4 Å². The van der Waals surface area contributed by atoms with Crippen molar-refractivity contribution in [3.05, 3.63) is 58.5 Å². The summed E-state index contributed by atoms with van der Waals surface area (Å²) in [6.45, 7) is 1.88. The second kappa shape index (κ2) is 7.63. The summed E-state index contributed by atoms with van der Waals surface area (Å²) in [5.74, 6) is 0.840. The number of hydrogen-bond acceptors (Lipinski definition) is 5. The van der Waals surface area contributed by atoms with Gasteiger partial charge in [-0.3, -0.25) is 9.89 Å². The van der Waals surface area contributed by atoms with E-state index in [-0.39, 0.29) is 11.2 Å². The lowest BCUT2D eigenvalue weighted by Gasteiger charge is -2.20. The van der Waals surface area contributed by atoms with E-state index in [4.69, 9.17) is 0 Å². The fourth-order valence-corrected chi connectivity index (χ4v) is 3.79. The van der Waals surface area contributed by atoms with Crippen LogP contribution < -0.4 is 4.90 Å². The Labute approximate surface area is 149 Å². The Morgan fingerprint density at radius 3 is 2.79 bits per heavy atom. The van der Waals surface area contributed by atoms with Crippen LogP contribution in [-0.2, 0) is 11.2 Å². The van der Waals surface area contributed by atoms with Crippen LogP contribution in [0.25, 0.3) is 0 Å². The second-order valence-electron chi connectivity index (χ2n) is 5.31. The maximum Gasteiger partial charge on any atom is 0.240 e. The van der Waals surface area contributed by atoms with Crippen LogP contribution in [0.5, 0.6) is 0 Å². The zero-order valence-corrected chi connectivity index (χ0v) is 15.1. The number of thioether (sulfide) groups is 1. The van der Waals surface area contributed by atoms with Crippen molar-refractivity contribution >= 4 is 34.7 Å². The number of nitrogens with zero attached hydrogens (tertiary/aromatic N) is 3. The molecular formula is C17H18N4OS2. The first-order valence-electron chi connectivity index (χ1n) is 7.56. The molecule has 0 saturated carbocycles. The van der Waals surface area contributed by atoms with Crippen molar-refractivity contribution in [3.63, 3.8) is 0 Å². The summed E-state index contributed by atoms with van der Waals surface area (Å²) in [7, 11) is 1.79. The van der Waals surface area contributed by atoms with Gasteiger partial charge in [0.25, 0.3) is 0 Å². The first kappa shape index (κ1) is 16.7. The number of amides is 1. The predicted molar refractivity (Wildman–Crippen MR) is 98.7 cm³/mol. The van der Waals surface area contributed by atoms with E-state index in [2.05, 4.69) is 21.2 Å². The number of nitrogens with one attached hydrogen (secondary N) is 1. The molecule has 1 amide bonds. The molecule has 2 aromatic heterocycles. The Morgan fingerprint density at radius 2 is 2.08 bits per heavy atom. The number of thiophene rings is 1. The van der Waals surface area contributed by atoms with Gasteiger partial charge in [-0.05, 0) is 30.5 Å². The van der Waals surface area contributed by atoms with Crippen LogP contribution in [0, 0.1) is 0 Å². The maximum absolute atomic E-state index is 12.6. The largest absolute Gasteiger partial charge is 0.315 e. The van der Waals surface area contributed by atoms with Crippen molar-refractivity contribution in [1.29, 1.82) is 0 Å². The molecule has 5 nitrogen and oxygen atoms in total. The predicted octanol–water partition coefficient (Wildman–Crippen LogP) is 3.60. The molecule has 3 aromatic rings. The molecule has 0 aliphatic rings. The number of anilines is 1. The van der Waals surface area contributed by atoms with E-state index in [0.29, 0.717) is 5.16 Å². The molecule has 7 heteroatoms. The molecule has 0 spiro atoms. The lowest BCUT2D eigenvalue weighted by molar-refractivity contribution is -0.117. The Kier molecular flexibility index (Phi) is 5.32. The summed E-state index contributed by atoms with van der Waals surface area (Å²) in [5, 5.41) is 9.54. The molecule has 1 aromatic carbocycles. The number of para-hydroxylation sites is 1. The van der Waals surface area contributed by atoms with E-state index in [1.807, 2.05) is 48.7 Å². The third kappa shape index (κ3) is 4.04. The van der Waals surface area contributed by atoms with Crippen molar-refractivity contribution in [2.45, 2.75) is 23.8 Å². The van der Waals surface area contributed by atoms with Crippen LogP contribution in [0.15, 0.2) is 53.0 Å². The van der Waals surface area contributed by atoms with Gasteiger partial charge in [-0.2, -0.15) is 0 Å². The molecule has 24 heavy (non-hydrogen) atoms. The second-order valence-corrected chi connectivity index (χ2v) is 7.65. The smallest absolute Gasteiger partial charge is 0.240 e. The Balaban J connectivity index is 1.61. The fourth-order valence-electron chi connectivity index (χ4n) is 2.25. The number of hydrogen-bond donors (Lipinski definition) is 1. The summed E-state index contributed by atoms with van der Waals surface area (Å²) in [5.41, 5.74) is 0.878. The number of benzene rings is 1. The van der Waals surface area contributed by atoms with Gasteiger partial charge in [0, 0.05) is 24.0 Å². The van der Waals surface area contributed by atoms with Gasteiger partial charge in [0.2, 0.25) is 11.1 Å². The number of rotatable bonds is 6. The SMILES string of the molecule is CC(Sc1n[nH]c(Cc2cccs2)n1)C(=O)N(C)c1ccccc1. The lowest BCUT2D eigenvalue weighted by Crippen LogP contribution is -2.33. The highest BCUT2D eigenvalue weighted by atomic mass is 32.2. The highest BCUT2D eigenvalue weighted by molar-refractivity contribution is 8.00. The lowest BCUT2D eigenvalue weighted by atomic mass is 10.3. The van der Waals surface area contributed by atoms with Crippen LogP contribution in [-0.4, -0.2) is 33.4 Å². The summed E-state index contributed by atoms with van der Waals surface area (Å²) < 4.78 is 0. The monoisotopic (exact) mass is 358 g/mol. The van der Waals surface area contributed by atoms with E-state index >= 15 is 0 Å². The highest BCUT2D eigenvalue weighted by Crippen LogP contribution is 2.23. The summed E-state index contributed by atoms with van der Waals surface area (Å²) >= 11 is 3.06. The zero-order valence-electron chi connectivity index (χ0n) is 13.5. The van der Waals surface area contributed by atoms with Crippen molar-refractivity contribution < 1.29 is 4.79 Å². The van der Waals surface area contributed by atoms with E-state index in [1.165, 1.54) is 16.6 Å². The standard InChI is InChI=1S/C17H18N4OS2/c1-12(16(22)21(2)13-7-4-3-5-8-13)24-17-18-15(19-20-17)11-14-9-6-10-23-14/h3-10,12H,11H2,1-2H3,(H,18,19,20). The molecule has 1 N–H and O–H groups in total. The van der Waals surface area contributed by atoms with Gasteiger partial charge in [0.15, 0.2) is 0 Å². The van der Waals surface area contributed by atoms with Crippen molar-refractivity contribution in [2.24, 2.45) is 0 Å². The van der Waals surface area contributed by atoms with Gasteiger partial charge in [-0.1, -0.05) is 36.0 Å². The van der Waals surface area contributed by atoms with Crippen molar-refractivity contribution in [1.82, 2.24) is 15.2 Å². The van der Waals surface area contributed by atoms with Crippen LogP contribution >= 0.6 is 23.1 Å². The third-order valence-corrected chi connectivity index (χ3v) is 5.36. The van der Waals surface area contributed by atoms with Crippen molar-refractivity contribution in [3.8, 4) is 0 Å². The van der Waals surface area contributed by atoms with E-state index in [1.54, 1.807) is 23.3 Å². The molecular weight excluding hydrogens is 340 g/mol. The number of aromatic nitrogens is 3. The Morgan fingerprint density at radius 1 is 1.29 bits per heavy atom. The molecule has 1 unspecified atom stereocenters. The summed E-state index contributed by atoms with van der Waals surface area (Å²) in [6.07, 6.45) is 0.734. The molecule has 1 atom stereocenters. The minimum Gasteiger partial charge on any atom is -0.315 e. The number of carbonyl (C=O) groups is 1. The quantitative estimate of drug-likeness (QED) is 0.684. The zero-order chi connectivity index (χ0) is 16.9. The van der Waals surface area contributed by atoms with Gasteiger partial charge in [0.1, 0.15) is 5.82 Å². The number of carbonyl (C=O) groups excluding carboxylic acids is 1. The third-order valence-electron chi connectivity index (χ3n) is 3.54. The maximum atomic E-state index is 12.6. The number of aromatic amines is 1. The van der Waals surface area contributed by atoms with Gasteiger partial charge in [-0.25, -0.2) is 4.98 Å². The first-order valence-corrected chi connectivity index (χ1v) is 9.32. The molecule has 0 bridgehead atoms. The molecule has 0 fully saturated rings. The van der Waals surface area contributed by atoms with E-state index in [0.717, 1.165) is 17.9 Å². The summed E-state index contributed by atoms with van der Waals surface area (Å²) in [6, 6.07) is 13.7. The van der Waals surface area contributed by atoms with E-state index < -0.39 is 0 Å². The van der Waals surface area contributed by atoms with Crippen molar-refractivity contribution in [2.75, 3.05) is 11.9 Å². The van der Waals surface area contributed by atoms with Gasteiger partial charge >= 0.3 is 0 Å². The molecule has 3 rings (SSSR count). The van der Waals surface area contributed by atoms with Gasteiger partial charge in [0.05, 0.1) is 5.25 Å². The fraction of sp³-hybridized carbons (Fsp3) is 0.235. The average molecular weight is 358 g/mol. The molecule has 0 radical (unpaired) electrons. The van der Waals surface area contributed by atoms with Crippen LogP contribution in [0.1, 0.15) is 17.6 Å². The highest BCUT2D eigenvalue weighted by Gasteiger charge is 2.21. The molecule has 0 saturated heterocycles. The average Bonchev–Trinajstić information content (AvgIpc) is 3.27. The van der Waals surface area contributed by atoms with Crippen LogP contribution in [0.2, 0.25) is 0 Å². The topological polar surface area (TPSA) is 61.9 Å². The van der Waals surface area contributed by atoms with Crippen LogP contribution in [0.4, 0.5) is 5.69 Å². The normalized spacial score (nSPS) is 12.1. The Hall–Kier alpha value is -2.12. The molecule has 124 valence electrons. The number of H-pyrrole nitrogens is 1. The Bertz CT molecular complexity index is 786.